The van der Waals surface area contributed by atoms with Crippen molar-refractivity contribution in [1.82, 2.24) is 15.2 Å². The van der Waals surface area contributed by atoms with Crippen molar-refractivity contribution in [1.29, 1.82) is 0 Å². The van der Waals surface area contributed by atoms with Gasteiger partial charge < -0.3 is 11.1 Å². The van der Waals surface area contributed by atoms with E-state index in [4.69, 9.17) is 5.73 Å². The number of nitrogens with zero attached hydrogens (tertiary/aromatic N) is 2. The molecule has 1 aliphatic rings. The lowest BCUT2D eigenvalue weighted by Gasteiger charge is -2.23. The van der Waals surface area contributed by atoms with Crippen LogP contribution in [0.4, 0.5) is 4.39 Å². The number of aryl methyl sites for hydroxylation is 1. The number of carbonyl (C=O) groups excluding carboxylic acids is 1. The van der Waals surface area contributed by atoms with Crippen molar-refractivity contribution < 1.29 is 9.18 Å². The number of aromatic nitrogens is 1. The van der Waals surface area contributed by atoms with Gasteiger partial charge in [0, 0.05) is 43.2 Å². The summed E-state index contributed by atoms with van der Waals surface area (Å²) in [6.45, 7) is 4.55. The molecule has 0 unspecified atom stereocenters. The summed E-state index contributed by atoms with van der Waals surface area (Å²) in [5, 5.41) is 6.48. The zero-order valence-corrected chi connectivity index (χ0v) is 15.1. The number of nitrogens with one attached hydrogen (secondary N) is 1. The number of hydrogen-bond donors (Lipinski definition) is 2. The molecule has 134 valence electrons. The van der Waals surface area contributed by atoms with Crippen molar-refractivity contribution in [3.05, 3.63) is 51.5 Å². The molecule has 3 N–H and O–H groups in total. The highest BCUT2D eigenvalue weighted by Crippen LogP contribution is 2.23. The largest absolute Gasteiger partial charge is 0.366 e. The van der Waals surface area contributed by atoms with Crippen molar-refractivity contribution >= 4 is 17.2 Å². The molecule has 1 aliphatic heterocycles. The average Bonchev–Trinajstić information content (AvgIpc) is 3.14. The van der Waals surface area contributed by atoms with Gasteiger partial charge in [0.05, 0.1) is 10.7 Å². The topological polar surface area (TPSA) is 71.2 Å². The number of thiazole rings is 1. The monoisotopic (exact) mass is 362 g/mol. The van der Waals surface area contributed by atoms with Gasteiger partial charge in [-0.3, -0.25) is 9.69 Å². The Morgan fingerprint density at radius 2 is 2.20 bits per heavy atom. The Hall–Kier alpha value is -1.83. The highest BCUT2D eigenvalue weighted by molar-refractivity contribution is 7.09. The molecule has 1 amide bonds. The molecule has 0 aliphatic carbocycles. The van der Waals surface area contributed by atoms with Gasteiger partial charge in [0.1, 0.15) is 6.17 Å². The smallest absolute Gasteiger partial charge is 0.248 e. The first kappa shape index (κ1) is 18.0. The lowest BCUT2D eigenvalue weighted by Crippen LogP contribution is -2.37. The van der Waals surface area contributed by atoms with E-state index >= 15 is 0 Å². The SMILES string of the molecule is Cc1nc(CN2C[C@@H](F)C[C@H]2CNCc2ccc(C(N)=O)cc2)cs1. The Bertz CT molecular complexity index is 718. The summed E-state index contributed by atoms with van der Waals surface area (Å²) in [5.41, 5.74) is 7.83. The van der Waals surface area contributed by atoms with Crippen LogP contribution in [0.3, 0.4) is 0 Å². The fourth-order valence-corrected chi connectivity index (χ4v) is 3.79. The maximum absolute atomic E-state index is 13.9. The van der Waals surface area contributed by atoms with Crippen LogP contribution in [0.2, 0.25) is 0 Å². The summed E-state index contributed by atoms with van der Waals surface area (Å²) in [4.78, 5) is 17.7. The third kappa shape index (κ3) is 4.84. The third-order valence-corrected chi connectivity index (χ3v) is 5.28. The van der Waals surface area contributed by atoms with Crippen molar-refractivity contribution in [2.45, 2.75) is 38.6 Å². The molecule has 2 aromatic rings. The molecular formula is C18H23FN4OS. The van der Waals surface area contributed by atoms with E-state index in [1.165, 1.54) is 0 Å². The van der Waals surface area contributed by atoms with Crippen molar-refractivity contribution in [2.24, 2.45) is 5.73 Å². The zero-order chi connectivity index (χ0) is 17.8. The molecule has 0 saturated carbocycles. The molecular weight excluding hydrogens is 339 g/mol. The number of hydrogen-bond acceptors (Lipinski definition) is 5. The summed E-state index contributed by atoms with van der Waals surface area (Å²) in [7, 11) is 0. The lowest BCUT2D eigenvalue weighted by molar-refractivity contribution is 0.100. The van der Waals surface area contributed by atoms with E-state index in [0.29, 0.717) is 31.6 Å². The van der Waals surface area contributed by atoms with Crippen molar-refractivity contribution in [2.75, 3.05) is 13.1 Å². The number of rotatable bonds is 7. The number of halogens is 1. The number of carbonyl (C=O) groups is 1. The van der Waals surface area contributed by atoms with Crippen LogP contribution in [0, 0.1) is 6.92 Å². The third-order valence-electron chi connectivity index (χ3n) is 4.46. The van der Waals surface area contributed by atoms with Crippen LogP contribution >= 0.6 is 11.3 Å². The average molecular weight is 362 g/mol. The molecule has 7 heteroatoms. The summed E-state index contributed by atoms with van der Waals surface area (Å²) in [5.74, 6) is -0.424. The molecule has 1 aromatic heterocycles. The molecule has 1 aromatic carbocycles. The summed E-state index contributed by atoms with van der Waals surface area (Å²) in [6, 6.07) is 7.39. The van der Waals surface area contributed by atoms with E-state index in [2.05, 4.69) is 15.2 Å². The van der Waals surface area contributed by atoms with Crippen LogP contribution < -0.4 is 11.1 Å². The number of alkyl halides is 1. The Balaban J connectivity index is 1.51. The normalized spacial score (nSPS) is 20.9. The van der Waals surface area contributed by atoms with Gasteiger partial charge in [0.25, 0.3) is 0 Å². The van der Waals surface area contributed by atoms with E-state index in [1.54, 1.807) is 23.5 Å². The van der Waals surface area contributed by atoms with Crippen LogP contribution in [-0.4, -0.2) is 41.1 Å². The van der Waals surface area contributed by atoms with Gasteiger partial charge >= 0.3 is 0 Å². The van der Waals surface area contributed by atoms with Gasteiger partial charge in [-0.25, -0.2) is 9.37 Å². The Morgan fingerprint density at radius 1 is 1.44 bits per heavy atom. The van der Waals surface area contributed by atoms with Gasteiger partial charge in [0.15, 0.2) is 0 Å². The number of primary amides is 1. The number of nitrogens with two attached hydrogens (primary N) is 1. The van der Waals surface area contributed by atoms with Gasteiger partial charge in [-0.15, -0.1) is 11.3 Å². The maximum Gasteiger partial charge on any atom is 0.248 e. The van der Waals surface area contributed by atoms with Gasteiger partial charge in [-0.05, 0) is 31.0 Å². The van der Waals surface area contributed by atoms with Crippen LogP contribution in [0.5, 0.6) is 0 Å². The minimum atomic E-state index is -0.776. The Kier molecular flexibility index (Phi) is 5.78. The second-order valence-electron chi connectivity index (χ2n) is 6.47. The van der Waals surface area contributed by atoms with E-state index < -0.39 is 12.1 Å². The maximum atomic E-state index is 13.9. The number of amides is 1. The summed E-state index contributed by atoms with van der Waals surface area (Å²) >= 11 is 1.63. The minimum absolute atomic E-state index is 0.168. The number of likely N-dealkylation sites (tertiary alicyclic amines) is 1. The molecule has 2 heterocycles. The summed E-state index contributed by atoms with van der Waals surface area (Å²) < 4.78 is 13.9. The number of benzene rings is 1. The van der Waals surface area contributed by atoms with Crippen LogP contribution in [0.25, 0.3) is 0 Å². The molecule has 0 spiro atoms. The molecule has 0 radical (unpaired) electrons. The molecule has 1 saturated heterocycles. The highest BCUT2D eigenvalue weighted by Gasteiger charge is 2.32. The zero-order valence-electron chi connectivity index (χ0n) is 14.2. The highest BCUT2D eigenvalue weighted by atomic mass is 32.1. The van der Waals surface area contributed by atoms with Crippen LogP contribution in [0.1, 0.15) is 33.0 Å². The summed E-state index contributed by atoms with van der Waals surface area (Å²) in [6.07, 6.45) is -0.224. The molecule has 1 fully saturated rings. The molecule has 5 nitrogen and oxygen atoms in total. The first-order chi connectivity index (χ1) is 12.0. The Morgan fingerprint density at radius 3 is 2.84 bits per heavy atom. The van der Waals surface area contributed by atoms with E-state index in [-0.39, 0.29) is 6.04 Å². The van der Waals surface area contributed by atoms with Crippen LogP contribution in [-0.2, 0) is 13.1 Å². The van der Waals surface area contributed by atoms with E-state index in [0.717, 1.165) is 22.8 Å². The first-order valence-electron chi connectivity index (χ1n) is 8.40. The fraction of sp³-hybridized carbons (Fsp3) is 0.444. The van der Waals surface area contributed by atoms with Crippen molar-refractivity contribution in [3.8, 4) is 0 Å². The fourth-order valence-electron chi connectivity index (χ4n) is 3.19. The Labute approximate surface area is 151 Å². The predicted octanol–water partition coefficient (Wildman–Crippen LogP) is 2.25. The molecule has 0 bridgehead atoms. The second-order valence-corrected chi connectivity index (χ2v) is 7.53. The predicted molar refractivity (Wildman–Crippen MR) is 97.2 cm³/mol. The quantitative estimate of drug-likeness (QED) is 0.793. The first-order valence-corrected chi connectivity index (χ1v) is 9.28. The van der Waals surface area contributed by atoms with E-state index in [1.807, 2.05) is 24.4 Å². The minimum Gasteiger partial charge on any atom is -0.366 e. The second kappa shape index (κ2) is 8.03. The molecule has 2 atom stereocenters. The molecule has 3 rings (SSSR count). The standard InChI is InChI=1S/C18H23FN4OS/c1-12-22-16(11-25-12)10-23-9-15(19)6-17(23)8-21-7-13-2-4-14(5-3-13)18(20)24/h2-5,11,15,17,21H,6-10H2,1H3,(H2,20,24)/t15-,17-/m0/s1. The van der Waals surface area contributed by atoms with E-state index in [9.17, 15) is 9.18 Å². The lowest BCUT2D eigenvalue weighted by atomic mass is 10.1. The van der Waals surface area contributed by atoms with Crippen LogP contribution in [0.15, 0.2) is 29.6 Å². The van der Waals surface area contributed by atoms with Gasteiger partial charge in [-0.2, -0.15) is 0 Å². The molecule has 25 heavy (non-hydrogen) atoms. The van der Waals surface area contributed by atoms with Crippen molar-refractivity contribution in [3.63, 3.8) is 0 Å². The van der Waals surface area contributed by atoms with Gasteiger partial charge in [-0.1, -0.05) is 12.1 Å². The van der Waals surface area contributed by atoms with Gasteiger partial charge in [0.2, 0.25) is 5.91 Å².